The Hall–Kier alpha value is -1.81. The van der Waals surface area contributed by atoms with E-state index in [1.54, 1.807) is 0 Å². The maximum absolute atomic E-state index is 13.0. The molecule has 29 heavy (non-hydrogen) atoms. The van der Waals surface area contributed by atoms with E-state index in [2.05, 4.69) is 113 Å². The summed E-state index contributed by atoms with van der Waals surface area (Å²) < 4.78 is -2.86. The summed E-state index contributed by atoms with van der Waals surface area (Å²) in [6, 6.07) is 36.2. The molecule has 0 aliphatic rings. The van der Waals surface area contributed by atoms with Gasteiger partial charge in [-0.1, -0.05) is 0 Å². The van der Waals surface area contributed by atoms with E-state index in [0.717, 1.165) is 11.0 Å². The fraction of sp³-hybridized carbons (Fsp3) is 0.0800. The molecule has 4 heteroatoms. The van der Waals surface area contributed by atoms with Crippen LogP contribution in [0.4, 0.5) is 0 Å². The van der Waals surface area contributed by atoms with Gasteiger partial charge in [-0.2, -0.15) is 0 Å². The van der Waals surface area contributed by atoms with Crippen molar-refractivity contribution in [2.24, 2.45) is 0 Å². The van der Waals surface area contributed by atoms with E-state index in [-0.39, 0.29) is 5.78 Å². The molecule has 0 unspecified atom stereocenters. The van der Waals surface area contributed by atoms with Gasteiger partial charge in [0.05, 0.1) is 0 Å². The number of benzene rings is 3. The minimum absolute atomic E-state index is 0.230. The van der Waals surface area contributed by atoms with E-state index >= 15 is 0 Å². The molecule has 4 aromatic rings. The molecule has 0 fully saturated rings. The zero-order chi connectivity index (χ0) is 20.2. The molecular formula is C25H22IOPS. The second kappa shape index (κ2) is 8.51. The number of carbonyl (C=O) groups is 1. The number of rotatable bonds is 7. The predicted molar refractivity (Wildman–Crippen MR) is 137 cm³/mol. The Bertz CT molecular complexity index is 980. The normalized spacial score (nSPS) is 12.8. The monoisotopic (exact) mass is 528 g/mol. The molecular weight excluding hydrogens is 506 g/mol. The van der Waals surface area contributed by atoms with E-state index < -0.39 is 4.25 Å². The first-order chi connectivity index (χ1) is 14.1. The van der Waals surface area contributed by atoms with Crippen molar-refractivity contribution in [3.63, 3.8) is 0 Å². The standard InChI is InChI=1S/C25H22IOPS/c26-28(21-11-4-1-5-12-21,22-13-6-2-7-14-22,23-15-8-3-9-16-23)19-18-24(27)25-17-10-20-29-25/h1-17,20H,18-19H2. The van der Waals surface area contributed by atoms with Crippen LogP contribution in [0.1, 0.15) is 16.1 Å². The van der Waals surface area contributed by atoms with Crippen LogP contribution in [-0.2, 0) is 0 Å². The molecule has 1 aromatic heterocycles. The van der Waals surface area contributed by atoms with Gasteiger partial charge < -0.3 is 0 Å². The van der Waals surface area contributed by atoms with Crippen molar-refractivity contribution in [3.8, 4) is 0 Å². The van der Waals surface area contributed by atoms with Gasteiger partial charge in [0.1, 0.15) is 0 Å². The second-order valence-electron chi connectivity index (χ2n) is 7.06. The molecule has 0 aliphatic heterocycles. The zero-order valence-electron chi connectivity index (χ0n) is 15.9. The number of hydrogen-bond donors (Lipinski definition) is 0. The van der Waals surface area contributed by atoms with Crippen LogP contribution in [0.15, 0.2) is 109 Å². The maximum atomic E-state index is 13.0. The van der Waals surface area contributed by atoms with Crippen molar-refractivity contribution in [2.45, 2.75) is 6.42 Å². The summed E-state index contributed by atoms with van der Waals surface area (Å²) in [5.74, 6) is 0.230. The molecule has 0 spiro atoms. The molecule has 0 radical (unpaired) electrons. The third kappa shape index (κ3) is 3.72. The van der Waals surface area contributed by atoms with Crippen molar-refractivity contribution < 1.29 is 4.79 Å². The molecule has 146 valence electrons. The summed E-state index contributed by atoms with van der Waals surface area (Å²) in [7, 11) is 0. The molecule has 0 atom stereocenters. The van der Waals surface area contributed by atoms with Gasteiger partial charge in [-0.3, -0.25) is 0 Å². The third-order valence-electron chi connectivity index (χ3n) is 5.44. The molecule has 3 aromatic carbocycles. The van der Waals surface area contributed by atoms with Crippen LogP contribution in [0.5, 0.6) is 0 Å². The van der Waals surface area contributed by atoms with Crippen molar-refractivity contribution in [2.75, 3.05) is 6.16 Å². The summed E-state index contributed by atoms with van der Waals surface area (Å²) in [5.41, 5.74) is 0. The quantitative estimate of drug-likeness (QED) is 0.159. The number of thiophene rings is 1. The van der Waals surface area contributed by atoms with Gasteiger partial charge in [0, 0.05) is 0 Å². The molecule has 0 saturated heterocycles. The fourth-order valence-corrected chi connectivity index (χ4v) is 12.9. The molecule has 1 nitrogen and oxygen atoms in total. The summed E-state index contributed by atoms with van der Waals surface area (Å²) in [4.78, 5) is 13.9. The second-order valence-corrected chi connectivity index (χ2v) is 18.8. The van der Waals surface area contributed by atoms with Crippen LogP contribution >= 0.6 is 37.6 Å². The van der Waals surface area contributed by atoms with Gasteiger partial charge in [-0.05, 0) is 0 Å². The van der Waals surface area contributed by atoms with E-state index in [4.69, 9.17) is 0 Å². The molecule has 0 bridgehead atoms. The molecule has 4 rings (SSSR count). The first kappa shape index (κ1) is 20.5. The summed E-state index contributed by atoms with van der Waals surface area (Å²) in [6.45, 7) is 0. The van der Waals surface area contributed by atoms with Crippen LogP contribution in [-0.4, -0.2) is 11.9 Å². The third-order valence-corrected chi connectivity index (χ3v) is 18.0. The van der Waals surface area contributed by atoms with Crippen LogP contribution < -0.4 is 15.9 Å². The van der Waals surface area contributed by atoms with Crippen molar-refractivity contribution in [3.05, 3.63) is 113 Å². The number of halogens is 1. The van der Waals surface area contributed by atoms with Crippen LogP contribution in [0, 0.1) is 0 Å². The Morgan fingerprint density at radius 3 is 1.52 bits per heavy atom. The average molecular weight is 528 g/mol. The van der Waals surface area contributed by atoms with Gasteiger partial charge in [-0.25, -0.2) is 0 Å². The first-order valence-electron chi connectivity index (χ1n) is 9.59. The Balaban J connectivity index is 1.93. The van der Waals surface area contributed by atoms with Crippen molar-refractivity contribution in [1.82, 2.24) is 0 Å². The van der Waals surface area contributed by atoms with E-state index in [1.807, 2.05) is 17.5 Å². The van der Waals surface area contributed by atoms with Gasteiger partial charge >= 0.3 is 190 Å². The van der Waals surface area contributed by atoms with E-state index in [0.29, 0.717) is 6.42 Å². The Kier molecular flexibility index (Phi) is 6.00. The van der Waals surface area contributed by atoms with Crippen LogP contribution in [0.3, 0.4) is 0 Å². The number of hydrogen-bond acceptors (Lipinski definition) is 2. The molecule has 0 N–H and O–H groups in total. The Labute approximate surface area is 189 Å². The van der Waals surface area contributed by atoms with Crippen molar-refractivity contribution in [1.29, 1.82) is 0 Å². The van der Waals surface area contributed by atoms with Crippen LogP contribution in [0.25, 0.3) is 0 Å². The minimum atomic E-state index is -2.86. The summed E-state index contributed by atoms with van der Waals surface area (Å²) in [5, 5.41) is 5.92. The van der Waals surface area contributed by atoms with Gasteiger partial charge in [0.2, 0.25) is 0 Å². The fourth-order valence-electron chi connectivity index (χ4n) is 3.92. The number of ketones is 1. The van der Waals surface area contributed by atoms with Gasteiger partial charge in [-0.15, -0.1) is 0 Å². The molecule has 0 saturated carbocycles. The first-order valence-corrected chi connectivity index (χ1v) is 15.7. The molecule has 0 aliphatic carbocycles. The molecule has 0 amide bonds. The number of carbonyl (C=O) groups excluding carboxylic acids is 1. The zero-order valence-corrected chi connectivity index (χ0v) is 19.8. The van der Waals surface area contributed by atoms with Gasteiger partial charge in [0.25, 0.3) is 0 Å². The van der Waals surface area contributed by atoms with E-state index in [9.17, 15) is 4.79 Å². The SMILES string of the molecule is O=C(CCP(I)(c1ccccc1)(c1ccccc1)c1ccccc1)c1cccs1. The molecule has 1 heterocycles. The summed E-state index contributed by atoms with van der Waals surface area (Å²) >= 11 is 4.27. The Morgan fingerprint density at radius 2 is 1.14 bits per heavy atom. The summed E-state index contributed by atoms with van der Waals surface area (Å²) in [6.07, 6.45) is 1.33. The van der Waals surface area contributed by atoms with Crippen LogP contribution in [0.2, 0.25) is 0 Å². The Morgan fingerprint density at radius 1 is 0.690 bits per heavy atom. The van der Waals surface area contributed by atoms with Gasteiger partial charge in [0.15, 0.2) is 0 Å². The average Bonchev–Trinajstić information content (AvgIpc) is 3.34. The van der Waals surface area contributed by atoms with E-state index in [1.165, 1.54) is 27.3 Å². The van der Waals surface area contributed by atoms with Crippen molar-refractivity contribution >= 4 is 59.3 Å². The predicted octanol–water partition coefficient (Wildman–Crippen LogP) is 6.20. The number of Topliss-reactive ketones (excluding diaryl/α,β-unsaturated/α-hetero) is 1. The topological polar surface area (TPSA) is 17.1 Å².